The van der Waals surface area contributed by atoms with Crippen LogP contribution in [0.5, 0.6) is 5.75 Å². The van der Waals surface area contributed by atoms with Crippen molar-refractivity contribution in [3.05, 3.63) is 95.6 Å². The second-order valence-corrected chi connectivity index (χ2v) is 7.27. The van der Waals surface area contributed by atoms with Crippen LogP contribution < -0.4 is 10.1 Å². The van der Waals surface area contributed by atoms with Gasteiger partial charge in [-0.15, -0.1) is 0 Å². The number of nitrogens with zero attached hydrogens (tertiary/aromatic N) is 1. The van der Waals surface area contributed by atoms with Gasteiger partial charge in [-0.1, -0.05) is 30.3 Å². The summed E-state index contributed by atoms with van der Waals surface area (Å²) in [5.41, 5.74) is 1.34. The maximum atomic E-state index is 14.2. The maximum absolute atomic E-state index is 14.2. The van der Waals surface area contributed by atoms with Crippen molar-refractivity contribution in [3.8, 4) is 5.75 Å². The molecule has 158 valence electrons. The Balaban J connectivity index is 1.76. The molecule has 3 aromatic rings. The Bertz CT molecular complexity index is 1100. The first kappa shape index (κ1) is 20.5. The summed E-state index contributed by atoms with van der Waals surface area (Å²) in [4.78, 5) is 27.3. The van der Waals surface area contributed by atoms with E-state index < -0.39 is 35.6 Å². The highest BCUT2D eigenvalue weighted by atomic mass is 19.1. The summed E-state index contributed by atoms with van der Waals surface area (Å²) in [6, 6.07) is 17.6. The van der Waals surface area contributed by atoms with Gasteiger partial charge >= 0.3 is 0 Å². The number of rotatable bonds is 4. The van der Waals surface area contributed by atoms with E-state index in [2.05, 4.69) is 5.32 Å². The van der Waals surface area contributed by atoms with Crippen LogP contribution in [0.1, 0.15) is 24.1 Å². The monoisotopic (exact) mass is 422 g/mol. The van der Waals surface area contributed by atoms with Gasteiger partial charge in [-0.2, -0.15) is 0 Å². The molecule has 7 heteroatoms. The van der Waals surface area contributed by atoms with Crippen LogP contribution in [0.4, 0.5) is 14.5 Å². The molecular formula is C24H20F2N2O3. The predicted molar refractivity (Wildman–Crippen MR) is 112 cm³/mol. The van der Waals surface area contributed by atoms with Crippen molar-refractivity contribution < 1.29 is 23.1 Å². The first-order valence-corrected chi connectivity index (χ1v) is 9.79. The van der Waals surface area contributed by atoms with Gasteiger partial charge in [0, 0.05) is 11.3 Å². The van der Waals surface area contributed by atoms with Gasteiger partial charge in [0.25, 0.3) is 5.91 Å². The summed E-state index contributed by atoms with van der Waals surface area (Å²) in [5.74, 6) is -1.32. The number of nitrogens with one attached hydrogen (secondary N) is 1. The van der Waals surface area contributed by atoms with E-state index in [0.29, 0.717) is 22.6 Å². The van der Waals surface area contributed by atoms with E-state index in [1.54, 1.807) is 31.2 Å². The standard InChI is InChI=1S/C24H20F2N2O3/c1-15(31-19-5-3-2-4-6-19)24(30)28-14-22(29)27-21-12-11-18(26)13-20(21)23(28)16-7-9-17(25)10-8-16/h2-13,15,23H,14H2,1H3,(H,27,29). The number of amides is 2. The van der Waals surface area contributed by atoms with Crippen LogP contribution in [0.2, 0.25) is 0 Å². The van der Waals surface area contributed by atoms with Gasteiger partial charge in [-0.25, -0.2) is 8.78 Å². The van der Waals surface area contributed by atoms with Gasteiger partial charge in [0.1, 0.15) is 23.9 Å². The average Bonchev–Trinajstić information content (AvgIpc) is 2.90. The van der Waals surface area contributed by atoms with E-state index in [-0.39, 0.29) is 6.54 Å². The molecule has 0 aliphatic carbocycles. The lowest BCUT2D eigenvalue weighted by atomic mass is 9.95. The quantitative estimate of drug-likeness (QED) is 0.682. The number of halogens is 2. The molecule has 0 radical (unpaired) electrons. The summed E-state index contributed by atoms with van der Waals surface area (Å²) in [5, 5.41) is 2.72. The van der Waals surface area contributed by atoms with Crippen molar-refractivity contribution in [2.45, 2.75) is 19.1 Å². The number of anilines is 1. The minimum Gasteiger partial charge on any atom is -0.481 e. The van der Waals surface area contributed by atoms with Crippen LogP contribution in [0.15, 0.2) is 72.8 Å². The number of fused-ring (bicyclic) bond motifs is 1. The molecule has 1 aliphatic heterocycles. The third-order valence-corrected chi connectivity index (χ3v) is 5.08. The SMILES string of the molecule is CC(Oc1ccccc1)C(=O)N1CC(=O)Nc2ccc(F)cc2C1c1ccc(F)cc1. The molecule has 0 spiro atoms. The summed E-state index contributed by atoms with van der Waals surface area (Å²) in [6.07, 6.45) is -0.909. The number of hydrogen-bond acceptors (Lipinski definition) is 3. The van der Waals surface area contributed by atoms with Crippen molar-refractivity contribution >= 4 is 17.5 Å². The van der Waals surface area contributed by atoms with E-state index in [0.717, 1.165) is 0 Å². The zero-order valence-electron chi connectivity index (χ0n) is 16.7. The zero-order valence-corrected chi connectivity index (χ0v) is 16.7. The van der Waals surface area contributed by atoms with Gasteiger partial charge in [0.15, 0.2) is 6.10 Å². The fourth-order valence-corrected chi connectivity index (χ4v) is 3.67. The van der Waals surface area contributed by atoms with Gasteiger partial charge in [-0.3, -0.25) is 9.59 Å². The topological polar surface area (TPSA) is 58.6 Å². The highest BCUT2D eigenvalue weighted by molar-refractivity contribution is 5.97. The molecule has 2 unspecified atom stereocenters. The molecule has 0 bridgehead atoms. The molecule has 1 N–H and O–H groups in total. The number of ether oxygens (including phenoxy) is 1. The van der Waals surface area contributed by atoms with E-state index in [4.69, 9.17) is 4.74 Å². The van der Waals surface area contributed by atoms with Gasteiger partial charge in [-0.05, 0) is 55.0 Å². The van der Waals surface area contributed by atoms with Crippen LogP contribution in [0.3, 0.4) is 0 Å². The van der Waals surface area contributed by atoms with Crippen molar-refractivity contribution in [3.63, 3.8) is 0 Å². The van der Waals surface area contributed by atoms with E-state index in [1.807, 2.05) is 6.07 Å². The fraction of sp³-hybridized carbons (Fsp3) is 0.167. The smallest absolute Gasteiger partial charge is 0.264 e. The maximum Gasteiger partial charge on any atom is 0.264 e. The minimum absolute atomic E-state index is 0.264. The molecule has 0 saturated heterocycles. The van der Waals surface area contributed by atoms with Crippen LogP contribution in [-0.4, -0.2) is 29.4 Å². The Morgan fingerprint density at radius 2 is 1.71 bits per heavy atom. The summed E-state index contributed by atoms with van der Waals surface area (Å²) in [6.45, 7) is 1.33. The number of carbonyl (C=O) groups excluding carboxylic acids is 2. The summed E-state index contributed by atoms with van der Waals surface area (Å²) >= 11 is 0. The number of hydrogen-bond donors (Lipinski definition) is 1. The van der Waals surface area contributed by atoms with Gasteiger partial charge in [0.2, 0.25) is 5.91 Å². The van der Waals surface area contributed by atoms with Crippen molar-refractivity contribution in [1.29, 1.82) is 0 Å². The molecular weight excluding hydrogens is 402 g/mol. The van der Waals surface area contributed by atoms with Crippen molar-refractivity contribution in [2.24, 2.45) is 0 Å². The molecule has 31 heavy (non-hydrogen) atoms. The molecule has 3 aromatic carbocycles. The molecule has 5 nitrogen and oxygen atoms in total. The lowest BCUT2D eigenvalue weighted by molar-refractivity contribution is -0.142. The molecule has 1 aliphatic rings. The van der Waals surface area contributed by atoms with Crippen LogP contribution in [0, 0.1) is 11.6 Å². The lowest BCUT2D eigenvalue weighted by Gasteiger charge is -2.32. The summed E-state index contributed by atoms with van der Waals surface area (Å²) in [7, 11) is 0. The second kappa shape index (κ2) is 8.55. The van der Waals surface area contributed by atoms with Crippen LogP contribution in [-0.2, 0) is 9.59 Å². The number of carbonyl (C=O) groups is 2. The third kappa shape index (κ3) is 4.40. The first-order valence-electron chi connectivity index (χ1n) is 9.79. The Labute approximate surface area is 178 Å². The highest BCUT2D eigenvalue weighted by Gasteiger charge is 2.36. The molecule has 0 fully saturated rings. The average molecular weight is 422 g/mol. The highest BCUT2D eigenvalue weighted by Crippen LogP contribution is 2.36. The molecule has 0 aromatic heterocycles. The van der Waals surface area contributed by atoms with E-state index >= 15 is 0 Å². The predicted octanol–water partition coefficient (Wildman–Crippen LogP) is 4.30. The Kier molecular flexibility index (Phi) is 5.66. The molecule has 2 atom stereocenters. The molecule has 2 amide bonds. The van der Waals surface area contributed by atoms with Crippen molar-refractivity contribution in [1.82, 2.24) is 4.90 Å². The largest absolute Gasteiger partial charge is 0.481 e. The Hall–Kier alpha value is -3.74. The molecule has 4 rings (SSSR count). The van der Waals surface area contributed by atoms with Crippen LogP contribution >= 0.6 is 0 Å². The van der Waals surface area contributed by atoms with E-state index in [1.165, 1.54) is 47.4 Å². The first-order chi connectivity index (χ1) is 14.9. The molecule has 0 saturated carbocycles. The second-order valence-electron chi connectivity index (χ2n) is 7.27. The van der Waals surface area contributed by atoms with Crippen LogP contribution in [0.25, 0.3) is 0 Å². The Morgan fingerprint density at radius 3 is 2.42 bits per heavy atom. The van der Waals surface area contributed by atoms with Gasteiger partial charge < -0.3 is 15.0 Å². The fourth-order valence-electron chi connectivity index (χ4n) is 3.67. The van der Waals surface area contributed by atoms with E-state index in [9.17, 15) is 18.4 Å². The normalized spacial score (nSPS) is 16.7. The lowest BCUT2D eigenvalue weighted by Crippen LogP contribution is -2.45. The minimum atomic E-state index is -0.909. The van der Waals surface area contributed by atoms with Gasteiger partial charge in [0.05, 0.1) is 6.04 Å². The van der Waals surface area contributed by atoms with Crippen molar-refractivity contribution in [2.75, 3.05) is 11.9 Å². The third-order valence-electron chi connectivity index (χ3n) is 5.08. The Morgan fingerprint density at radius 1 is 1.03 bits per heavy atom. The summed E-state index contributed by atoms with van der Waals surface area (Å²) < 4.78 is 33.5. The number of para-hydroxylation sites is 1. The molecule has 1 heterocycles. The number of benzene rings is 3. The zero-order chi connectivity index (χ0) is 22.0.